The van der Waals surface area contributed by atoms with Gasteiger partial charge in [0, 0.05) is 36.9 Å². The molecule has 0 saturated heterocycles. The van der Waals surface area contributed by atoms with Gasteiger partial charge in [-0.05, 0) is 48.9 Å². The van der Waals surface area contributed by atoms with Crippen LogP contribution in [0.4, 0.5) is 5.69 Å². The summed E-state index contributed by atoms with van der Waals surface area (Å²) in [6.45, 7) is 2.70. The fraction of sp³-hybridized carbons (Fsp3) is 0.238. The van der Waals surface area contributed by atoms with Crippen LogP contribution in [0.25, 0.3) is 11.4 Å². The number of thioether (sulfide) groups is 1. The maximum Gasteiger partial charge on any atom is 0.250 e. The van der Waals surface area contributed by atoms with Crippen LogP contribution in [-0.4, -0.2) is 46.7 Å². The molecule has 0 saturated carbocycles. The lowest BCUT2D eigenvalue weighted by Crippen LogP contribution is -2.20. The van der Waals surface area contributed by atoms with Crippen LogP contribution in [0.3, 0.4) is 0 Å². The average Bonchev–Trinajstić information content (AvgIpc) is 3.16. The number of hydrogen-bond donors (Lipinski definition) is 1. The summed E-state index contributed by atoms with van der Waals surface area (Å²) < 4.78 is 1.97. The fourth-order valence-corrected chi connectivity index (χ4v) is 3.61. The highest BCUT2D eigenvalue weighted by Crippen LogP contribution is 2.25. The highest BCUT2D eigenvalue weighted by Gasteiger charge is 2.14. The lowest BCUT2D eigenvalue weighted by molar-refractivity contribution is -0.118. The van der Waals surface area contributed by atoms with Gasteiger partial charge < -0.3 is 9.47 Å². The van der Waals surface area contributed by atoms with Crippen molar-refractivity contribution in [2.75, 3.05) is 24.7 Å². The number of nitrogens with zero attached hydrogens (tertiary/aromatic N) is 5. The number of aromatic nitrogens is 3. The van der Waals surface area contributed by atoms with Crippen molar-refractivity contribution in [1.29, 1.82) is 0 Å². The first kappa shape index (κ1) is 21.9. The summed E-state index contributed by atoms with van der Waals surface area (Å²) in [5, 5.41) is 13.9. The molecule has 1 N–H and O–H groups in total. The van der Waals surface area contributed by atoms with Gasteiger partial charge in [0.25, 0.3) is 5.91 Å². The van der Waals surface area contributed by atoms with Crippen molar-refractivity contribution in [1.82, 2.24) is 20.2 Å². The van der Waals surface area contributed by atoms with Gasteiger partial charge in [-0.1, -0.05) is 35.5 Å². The first-order valence-electron chi connectivity index (χ1n) is 9.39. The predicted molar refractivity (Wildman–Crippen MR) is 123 cm³/mol. The maximum atomic E-state index is 12.1. The molecule has 30 heavy (non-hydrogen) atoms. The van der Waals surface area contributed by atoms with Crippen LogP contribution in [0.5, 0.6) is 0 Å². The number of hydrogen-bond acceptors (Lipinski definition) is 6. The molecular weight excluding hydrogens is 420 g/mol. The van der Waals surface area contributed by atoms with Crippen molar-refractivity contribution in [3.63, 3.8) is 0 Å². The summed E-state index contributed by atoms with van der Waals surface area (Å²) in [6.07, 6.45) is 1.62. The van der Waals surface area contributed by atoms with Gasteiger partial charge in [0.2, 0.25) is 0 Å². The molecular formula is C21H23ClN6OS. The highest BCUT2D eigenvalue weighted by atomic mass is 35.5. The van der Waals surface area contributed by atoms with Crippen molar-refractivity contribution in [2.45, 2.75) is 18.6 Å². The second kappa shape index (κ2) is 10.3. The molecule has 7 nitrogen and oxygen atoms in total. The van der Waals surface area contributed by atoms with Crippen LogP contribution in [0.1, 0.15) is 12.5 Å². The number of carbonyl (C=O) groups is 1. The molecule has 2 aromatic carbocycles. The summed E-state index contributed by atoms with van der Waals surface area (Å²) in [4.78, 5) is 14.2. The van der Waals surface area contributed by atoms with E-state index in [0.717, 1.165) is 22.6 Å². The number of rotatable bonds is 8. The molecule has 156 valence electrons. The van der Waals surface area contributed by atoms with E-state index in [1.807, 2.05) is 79.0 Å². The molecule has 3 rings (SSSR count). The van der Waals surface area contributed by atoms with Gasteiger partial charge in [-0.25, -0.2) is 5.43 Å². The lowest BCUT2D eigenvalue weighted by Gasteiger charge is -2.11. The van der Waals surface area contributed by atoms with Crippen LogP contribution in [0, 0.1) is 0 Å². The number of benzene rings is 2. The van der Waals surface area contributed by atoms with Gasteiger partial charge in [0.05, 0.1) is 12.0 Å². The molecule has 0 aliphatic rings. The minimum atomic E-state index is -0.208. The molecule has 0 bridgehead atoms. The third kappa shape index (κ3) is 5.61. The van der Waals surface area contributed by atoms with Crippen molar-refractivity contribution in [3.05, 3.63) is 59.1 Å². The molecule has 0 atom stereocenters. The van der Waals surface area contributed by atoms with Gasteiger partial charge in [0.15, 0.2) is 11.0 Å². The monoisotopic (exact) mass is 442 g/mol. The van der Waals surface area contributed by atoms with E-state index in [1.54, 1.807) is 6.21 Å². The summed E-state index contributed by atoms with van der Waals surface area (Å²) in [5.41, 5.74) is 5.49. The van der Waals surface area contributed by atoms with E-state index in [4.69, 9.17) is 11.6 Å². The second-order valence-corrected chi connectivity index (χ2v) is 8.00. The molecule has 0 aliphatic carbocycles. The normalized spacial score (nSPS) is 11.1. The summed E-state index contributed by atoms with van der Waals surface area (Å²) in [7, 11) is 3.97. The Balaban J connectivity index is 1.56. The zero-order valence-corrected chi connectivity index (χ0v) is 18.6. The van der Waals surface area contributed by atoms with Crippen LogP contribution in [-0.2, 0) is 11.3 Å². The standard InChI is InChI=1S/C21H23ClN6OS/c1-4-28-20(16-7-9-17(22)10-8-16)25-26-21(28)30-14-19(29)24-23-13-15-5-11-18(12-6-15)27(2)3/h5-13H,4,14H2,1-3H3,(H,24,29)/b23-13-. The van der Waals surface area contributed by atoms with Crippen molar-refractivity contribution in [2.24, 2.45) is 5.10 Å². The minimum Gasteiger partial charge on any atom is -0.378 e. The van der Waals surface area contributed by atoms with Crippen molar-refractivity contribution in [3.8, 4) is 11.4 Å². The van der Waals surface area contributed by atoms with Crippen molar-refractivity contribution < 1.29 is 4.79 Å². The topological polar surface area (TPSA) is 75.4 Å². The summed E-state index contributed by atoms with van der Waals surface area (Å²) in [5.74, 6) is 0.728. The Labute approximate surface area is 185 Å². The Morgan fingerprint density at radius 2 is 1.87 bits per heavy atom. The van der Waals surface area contributed by atoms with E-state index in [-0.39, 0.29) is 11.7 Å². The van der Waals surface area contributed by atoms with Crippen LogP contribution in [0.15, 0.2) is 58.8 Å². The van der Waals surface area contributed by atoms with Crippen LogP contribution < -0.4 is 10.3 Å². The zero-order valence-electron chi connectivity index (χ0n) is 17.0. The second-order valence-electron chi connectivity index (χ2n) is 6.63. The molecule has 0 unspecified atom stereocenters. The van der Waals surface area contributed by atoms with Crippen LogP contribution in [0.2, 0.25) is 5.02 Å². The van der Waals surface area contributed by atoms with Crippen molar-refractivity contribution >= 4 is 41.2 Å². The first-order valence-corrected chi connectivity index (χ1v) is 10.8. The van der Waals surface area contributed by atoms with Gasteiger partial charge in [0.1, 0.15) is 0 Å². The Bertz CT molecular complexity index is 1010. The summed E-state index contributed by atoms with van der Waals surface area (Å²) in [6, 6.07) is 15.3. The molecule has 1 amide bonds. The van der Waals surface area contributed by atoms with E-state index in [0.29, 0.717) is 16.7 Å². The molecule has 9 heteroatoms. The molecule has 3 aromatic rings. The molecule has 0 aliphatic heterocycles. The predicted octanol–water partition coefficient (Wildman–Crippen LogP) is 3.93. The lowest BCUT2D eigenvalue weighted by atomic mass is 10.2. The maximum absolute atomic E-state index is 12.1. The number of hydrazone groups is 1. The van der Waals surface area contributed by atoms with Gasteiger partial charge in [-0.2, -0.15) is 5.10 Å². The molecule has 1 aromatic heterocycles. The SMILES string of the molecule is CCn1c(SCC(=O)N/N=C\c2ccc(N(C)C)cc2)nnc1-c1ccc(Cl)cc1. The Morgan fingerprint density at radius 3 is 2.50 bits per heavy atom. The molecule has 1 heterocycles. The van der Waals surface area contributed by atoms with Crippen LogP contribution >= 0.6 is 23.4 Å². The van der Waals surface area contributed by atoms with E-state index in [2.05, 4.69) is 20.7 Å². The smallest absolute Gasteiger partial charge is 0.250 e. The fourth-order valence-electron chi connectivity index (χ4n) is 2.69. The highest BCUT2D eigenvalue weighted by molar-refractivity contribution is 7.99. The third-order valence-corrected chi connectivity index (χ3v) is 5.50. The number of nitrogens with one attached hydrogen (secondary N) is 1. The molecule has 0 spiro atoms. The van der Waals surface area contributed by atoms with E-state index in [9.17, 15) is 4.79 Å². The van der Waals surface area contributed by atoms with E-state index >= 15 is 0 Å². The van der Waals surface area contributed by atoms with Gasteiger partial charge >= 0.3 is 0 Å². The Kier molecular flexibility index (Phi) is 7.48. The number of carbonyl (C=O) groups excluding carboxylic acids is 1. The minimum absolute atomic E-state index is 0.190. The Morgan fingerprint density at radius 1 is 1.17 bits per heavy atom. The van der Waals surface area contributed by atoms with E-state index in [1.165, 1.54) is 11.8 Å². The molecule has 0 radical (unpaired) electrons. The van der Waals surface area contributed by atoms with Gasteiger partial charge in [-0.15, -0.1) is 10.2 Å². The zero-order chi connectivity index (χ0) is 21.5. The Hall–Kier alpha value is -2.84. The summed E-state index contributed by atoms with van der Waals surface area (Å²) >= 11 is 7.28. The quantitative estimate of drug-likeness (QED) is 0.325. The number of halogens is 1. The largest absolute Gasteiger partial charge is 0.378 e. The molecule has 0 fully saturated rings. The van der Waals surface area contributed by atoms with Gasteiger partial charge in [-0.3, -0.25) is 4.79 Å². The van der Waals surface area contributed by atoms with E-state index < -0.39 is 0 Å². The first-order chi connectivity index (χ1) is 14.5. The number of amides is 1. The average molecular weight is 443 g/mol. The number of anilines is 1. The third-order valence-electron chi connectivity index (χ3n) is 4.28.